The van der Waals surface area contributed by atoms with Crippen molar-refractivity contribution in [2.45, 2.75) is 18.3 Å². The molecule has 1 spiro atoms. The number of nitrogens with zero attached hydrogens (tertiary/aromatic N) is 2. The molecule has 1 saturated heterocycles. The smallest absolute Gasteiger partial charge is 0.407 e. The zero-order chi connectivity index (χ0) is 21.0. The van der Waals surface area contributed by atoms with E-state index in [1.54, 1.807) is 4.90 Å². The number of likely N-dealkylation sites (tertiary alicyclic amines) is 1. The van der Waals surface area contributed by atoms with Crippen LogP contribution in [-0.4, -0.2) is 48.2 Å². The number of hydrogen-bond acceptors (Lipinski definition) is 3. The van der Waals surface area contributed by atoms with E-state index < -0.39 is 23.1 Å². The summed E-state index contributed by atoms with van der Waals surface area (Å²) in [6.45, 7) is 1.32. The second-order valence-electron chi connectivity index (χ2n) is 8.10. The van der Waals surface area contributed by atoms with Gasteiger partial charge in [0, 0.05) is 37.0 Å². The summed E-state index contributed by atoms with van der Waals surface area (Å²) in [5.41, 5.74) is 0.622. The summed E-state index contributed by atoms with van der Waals surface area (Å²) in [4.78, 5) is 28.0. The summed E-state index contributed by atoms with van der Waals surface area (Å²) >= 11 is 0. The summed E-state index contributed by atoms with van der Waals surface area (Å²) < 4.78 is 33.4. The fourth-order valence-corrected chi connectivity index (χ4v) is 4.92. The van der Waals surface area contributed by atoms with Gasteiger partial charge in [0.15, 0.2) is 11.6 Å². The second kappa shape index (κ2) is 6.68. The van der Waals surface area contributed by atoms with Gasteiger partial charge in [-0.1, -0.05) is 18.2 Å². The molecule has 0 radical (unpaired) electrons. The lowest BCUT2D eigenvalue weighted by molar-refractivity contribution is -0.122. The maximum Gasteiger partial charge on any atom is 0.407 e. The Hall–Kier alpha value is -3.16. The van der Waals surface area contributed by atoms with Crippen LogP contribution in [0.4, 0.5) is 19.3 Å². The Morgan fingerprint density at radius 2 is 1.83 bits per heavy atom. The second-order valence-corrected chi connectivity index (χ2v) is 8.10. The third-order valence-electron chi connectivity index (χ3n) is 6.52. The largest absolute Gasteiger partial charge is 0.491 e. The fourth-order valence-electron chi connectivity index (χ4n) is 4.92. The van der Waals surface area contributed by atoms with Gasteiger partial charge in [0.25, 0.3) is 0 Å². The van der Waals surface area contributed by atoms with Gasteiger partial charge in [-0.15, -0.1) is 0 Å². The van der Waals surface area contributed by atoms with Crippen LogP contribution in [0.1, 0.15) is 24.0 Å². The van der Waals surface area contributed by atoms with Crippen molar-refractivity contribution in [3.63, 3.8) is 0 Å². The molecular weight excluding hydrogens is 394 g/mol. The number of anilines is 1. The quantitative estimate of drug-likeness (QED) is 0.818. The van der Waals surface area contributed by atoms with Crippen LogP contribution in [0.15, 0.2) is 36.4 Å². The molecule has 1 N–H and O–H groups in total. The van der Waals surface area contributed by atoms with Crippen molar-refractivity contribution in [1.29, 1.82) is 0 Å². The normalized spacial score (nSPS) is 22.9. The summed E-state index contributed by atoms with van der Waals surface area (Å²) in [6.07, 6.45) is 0.403. The molecule has 2 aromatic carbocycles. The third-order valence-corrected chi connectivity index (χ3v) is 6.52. The number of para-hydroxylation sites is 1. The molecule has 2 amide bonds. The highest BCUT2D eigenvalue weighted by molar-refractivity contribution is 6.11. The molecule has 3 aliphatic rings. The first-order chi connectivity index (χ1) is 14.4. The number of piperidine rings is 1. The standard InChI is InChI=1S/C22H20F2N2O4/c23-16-9-15-19(10-17(16)24)30-12-22(15)14-3-1-2-4-18(14)26(20(22)27)11-13-5-7-25(8-6-13)21(28)29/h1-4,9-10,13H,5-8,11-12H2,(H,28,29). The number of carboxylic acid groups (broad SMARTS) is 1. The summed E-state index contributed by atoms with van der Waals surface area (Å²) in [7, 11) is 0. The van der Waals surface area contributed by atoms with E-state index in [1.807, 2.05) is 24.3 Å². The Morgan fingerprint density at radius 3 is 2.57 bits per heavy atom. The Morgan fingerprint density at radius 1 is 1.13 bits per heavy atom. The number of benzene rings is 2. The third kappa shape index (κ3) is 2.59. The number of halogens is 2. The number of carbonyl (C=O) groups excluding carboxylic acids is 1. The van der Waals surface area contributed by atoms with E-state index in [0.717, 1.165) is 23.4 Å². The van der Waals surface area contributed by atoms with Crippen LogP contribution in [0.25, 0.3) is 0 Å². The van der Waals surface area contributed by atoms with Crippen LogP contribution >= 0.6 is 0 Å². The lowest BCUT2D eigenvalue weighted by Crippen LogP contribution is -2.46. The van der Waals surface area contributed by atoms with Gasteiger partial charge in [0.1, 0.15) is 17.8 Å². The number of hydrogen-bond donors (Lipinski definition) is 1. The molecule has 30 heavy (non-hydrogen) atoms. The Labute approximate surface area is 171 Å². The first-order valence-electron chi connectivity index (χ1n) is 9.93. The predicted octanol–water partition coefficient (Wildman–Crippen LogP) is 3.38. The average molecular weight is 414 g/mol. The Balaban J connectivity index is 1.50. The van der Waals surface area contributed by atoms with Crippen molar-refractivity contribution in [2.24, 2.45) is 5.92 Å². The lowest BCUT2D eigenvalue weighted by atomic mass is 9.77. The molecule has 156 valence electrons. The van der Waals surface area contributed by atoms with Crippen molar-refractivity contribution in [3.05, 3.63) is 59.2 Å². The van der Waals surface area contributed by atoms with Gasteiger partial charge in [0.2, 0.25) is 5.91 Å². The minimum absolute atomic E-state index is 0.00493. The monoisotopic (exact) mass is 414 g/mol. The van der Waals surface area contributed by atoms with Crippen LogP contribution in [0.3, 0.4) is 0 Å². The van der Waals surface area contributed by atoms with E-state index in [-0.39, 0.29) is 24.2 Å². The van der Waals surface area contributed by atoms with Crippen molar-refractivity contribution < 1.29 is 28.2 Å². The zero-order valence-electron chi connectivity index (χ0n) is 16.1. The highest BCUT2D eigenvalue weighted by Gasteiger charge is 2.57. The Bertz CT molecular complexity index is 1050. The number of ether oxygens (including phenoxy) is 1. The van der Waals surface area contributed by atoms with Gasteiger partial charge in [-0.3, -0.25) is 4.79 Å². The molecule has 3 heterocycles. The molecule has 3 aliphatic heterocycles. The summed E-state index contributed by atoms with van der Waals surface area (Å²) in [5.74, 6) is -1.89. The van der Waals surface area contributed by atoms with Crippen LogP contribution < -0.4 is 9.64 Å². The van der Waals surface area contributed by atoms with E-state index in [0.29, 0.717) is 38.0 Å². The number of fused-ring (bicyclic) bond motifs is 4. The molecule has 0 aromatic heterocycles. The highest BCUT2D eigenvalue weighted by atomic mass is 19.2. The van der Waals surface area contributed by atoms with Gasteiger partial charge in [-0.25, -0.2) is 13.6 Å². The van der Waals surface area contributed by atoms with E-state index in [9.17, 15) is 18.4 Å². The van der Waals surface area contributed by atoms with E-state index >= 15 is 0 Å². The number of rotatable bonds is 2. The zero-order valence-corrected chi connectivity index (χ0v) is 16.1. The summed E-state index contributed by atoms with van der Waals surface area (Å²) in [5, 5.41) is 9.15. The maximum atomic E-state index is 14.1. The van der Waals surface area contributed by atoms with Gasteiger partial charge >= 0.3 is 6.09 Å². The van der Waals surface area contributed by atoms with Gasteiger partial charge in [-0.05, 0) is 36.5 Å². The van der Waals surface area contributed by atoms with Crippen molar-refractivity contribution in [2.75, 3.05) is 31.1 Å². The summed E-state index contributed by atoms with van der Waals surface area (Å²) in [6, 6.07) is 9.42. The van der Waals surface area contributed by atoms with E-state index in [2.05, 4.69) is 0 Å². The molecule has 1 fully saturated rings. The molecule has 8 heteroatoms. The van der Waals surface area contributed by atoms with E-state index in [4.69, 9.17) is 9.84 Å². The molecule has 5 rings (SSSR count). The SMILES string of the molecule is O=C(O)N1CCC(CN2C(=O)C3(COc4cc(F)c(F)cc43)c3ccccc32)CC1. The molecule has 6 nitrogen and oxygen atoms in total. The molecule has 0 aliphatic carbocycles. The number of amides is 2. The first kappa shape index (κ1) is 18.8. The van der Waals surface area contributed by atoms with Gasteiger partial charge in [0.05, 0.1) is 0 Å². The maximum absolute atomic E-state index is 14.1. The van der Waals surface area contributed by atoms with Crippen molar-refractivity contribution >= 4 is 17.7 Å². The molecule has 1 unspecified atom stereocenters. The lowest BCUT2D eigenvalue weighted by Gasteiger charge is -2.33. The van der Waals surface area contributed by atoms with Crippen LogP contribution in [-0.2, 0) is 10.2 Å². The van der Waals surface area contributed by atoms with Crippen LogP contribution in [0.5, 0.6) is 5.75 Å². The molecule has 1 atom stereocenters. The van der Waals surface area contributed by atoms with Crippen molar-refractivity contribution in [1.82, 2.24) is 4.90 Å². The predicted molar refractivity (Wildman–Crippen MR) is 104 cm³/mol. The fraction of sp³-hybridized carbons (Fsp3) is 0.364. The highest BCUT2D eigenvalue weighted by Crippen LogP contribution is 2.52. The molecule has 2 aromatic rings. The number of carbonyl (C=O) groups is 2. The minimum atomic E-state index is -1.19. The topological polar surface area (TPSA) is 70.1 Å². The van der Waals surface area contributed by atoms with Gasteiger partial charge < -0.3 is 19.6 Å². The average Bonchev–Trinajstić information content (AvgIpc) is 3.21. The Kier molecular flexibility index (Phi) is 4.20. The first-order valence-corrected chi connectivity index (χ1v) is 9.93. The van der Waals surface area contributed by atoms with Crippen molar-refractivity contribution in [3.8, 4) is 5.75 Å². The molecule has 0 saturated carbocycles. The van der Waals surface area contributed by atoms with E-state index in [1.165, 1.54) is 4.90 Å². The van der Waals surface area contributed by atoms with Gasteiger partial charge in [-0.2, -0.15) is 0 Å². The minimum Gasteiger partial charge on any atom is -0.491 e. The molecule has 0 bridgehead atoms. The van der Waals surface area contributed by atoms with Crippen LogP contribution in [0, 0.1) is 17.6 Å². The van der Waals surface area contributed by atoms with Crippen LogP contribution in [0.2, 0.25) is 0 Å². The molecular formula is C22H20F2N2O4.